The molecule has 0 radical (unpaired) electrons. The lowest BCUT2D eigenvalue weighted by molar-refractivity contribution is -0.388. The predicted molar refractivity (Wildman–Crippen MR) is 92.0 cm³/mol. The van der Waals surface area contributed by atoms with Gasteiger partial charge in [0.05, 0.1) is 11.9 Å². The summed E-state index contributed by atoms with van der Waals surface area (Å²) in [6.07, 6.45) is 3.44. The molecule has 2 aromatic heterocycles. The Labute approximate surface area is 146 Å². The molecule has 0 saturated heterocycles. The number of halogens is 2. The number of anilines is 2. The second kappa shape index (κ2) is 7.62. The highest BCUT2D eigenvalue weighted by atomic mass is 35.5. The van der Waals surface area contributed by atoms with Crippen LogP contribution in [0.3, 0.4) is 0 Å². The van der Waals surface area contributed by atoms with E-state index in [-0.39, 0.29) is 27.9 Å². The minimum absolute atomic E-state index is 0.0421. The third-order valence-electron chi connectivity index (χ3n) is 3.12. The van der Waals surface area contributed by atoms with Crippen molar-refractivity contribution in [2.75, 3.05) is 24.7 Å². The lowest BCUT2D eigenvalue weighted by atomic mass is 10.2. The Kier molecular flexibility index (Phi) is 5.55. The molecule has 0 bridgehead atoms. The molecular formula is C14H14ClFN6O3. The Morgan fingerprint density at radius 3 is 2.64 bits per heavy atom. The van der Waals surface area contributed by atoms with Crippen molar-refractivity contribution in [1.82, 2.24) is 9.97 Å². The van der Waals surface area contributed by atoms with Crippen LogP contribution in [-0.4, -0.2) is 29.0 Å². The molecule has 0 spiro atoms. The second-order valence-electron chi connectivity index (χ2n) is 4.58. The minimum Gasteiger partial charge on any atom is -0.448 e. The van der Waals surface area contributed by atoms with Crippen molar-refractivity contribution in [3.05, 3.63) is 51.3 Å². The number of pyridine rings is 2. The van der Waals surface area contributed by atoms with Crippen LogP contribution in [0.2, 0.25) is 5.02 Å². The highest BCUT2D eigenvalue weighted by Gasteiger charge is 2.24. The minimum atomic E-state index is -0.696. The summed E-state index contributed by atoms with van der Waals surface area (Å²) in [6.45, 7) is 0. The van der Waals surface area contributed by atoms with Gasteiger partial charge >= 0.3 is 5.82 Å². The van der Waals surface area contributed by atoms with Crippen LogP contribution in [0.25, 0.3) is 5.76 Å². The quantitative estimate of drug-likeness (QED) is 0.403. The molecule has 0 aliphatic rings. The van der Waals surface area contributed by atoms with E-state index in [1.165, 1.54) is 19.3 Å². The smallest absolute Gasteiger partial charge is 0.388 e. The van der Waals surface area contributed by atoms with Gasteiger partial charge in [-0.3, -0.25) is 0 Å². The monoisotopic (exact) mass is 368 g/mol. The predicted octanol–water partition coefficient (Wildman–Crippen LogP) is 2.60. The maximum absolute atomic E-state index is 14.2. The molecule has 2 rings (SSSR count). The molecule has 4 N–H and O–H groups in total. The molecule has 2 aromatic rings. The van der Waals surface area contributed by atoms with Gasteiger partial charge in [-0.2, -0.15) is 0 Å². The fraction of sp³-hybridized carbons (Fsp3) is 0.143. The molecule has 0 aromatic carbocycles. The number of ether oxygens (including phenoxy) is 1. The van der Waals surface area contributed by atoms with Gasteiger partial charge in [0.2, 0.25) is 0 Å². The zero-order valence-corrected chi connectivity index (χ0v) is 14.0. The molecule has 9 nitrogen and oxygen atoms in total. The maximum Gasteiger partial charge on any atom is 0.388 e. The molecule has 0 aliphatic carbocycles. The number of hydrogen-bond acceptors (Lipinski definition) is 8. The largest absolute Gasteiger partial charge is 0.448 e. The number of nitrogens with zero attached hydrogens (tertiary/aromatic N) is 3. The number of aromatic nitrogens is 2. The summed E-state index contributed by atoms with van der Waals surface area (Å²) < 4.78 is 19.6. The Balaban J connectivity index is 2.42. The van der Waals surface area contributed by atoms with Crippen LogP contribution in [0.4, 0.5) is 21.6 Å². The molecule has 0 atom stereocenters. The van der Waals surface area contributed by atoms with Crippen LogP contribution in [0.15, 0.2) is 24.7 Å². The summed E-state index contributed by atoms with van der Waals surface area (Å²) in [5, 5.41) is 16.2. The van der Waals surface area contributed by atoms with Crippen LogP contribution in [0.5, 0.6) is 5.75 Å². The number of nitrogens with one attached hydrogen (secondary N) is 2. The Morgan fingerprint density at radius 2 is 2.12 bits per heavy atom. The first-order valence-electron chi connectivity index (χ1n) is 6.87. The van der Waals surface area contributed by atoms with Gasteiger partial charge in [0, 0.05) is 26.4 Å². The third-order valence-corrected chi connectivity index (χ3v) is 3.50. The van der Waals surface area contributed by atoms with Gasteiger partial charge in [-0.1, -0.05) is 11.6 Å². The molecule has 0 fully saturated rings. The van der Waals surface area contributed by atoms with E-state index in [0.29, 0.717) is 5.69 Å². The van der Waals surface area contributed by atoms with Crippen molar-refractivity contribution in [3.63, 3.8) is 0 Å². The van der Waals surface area contributed by atoms with E-state index in [1.54, 1.807) is 7.05 Å². The third kappa shape index (κ3) is 3.69. The van der Waals surface area contributed by atoms with E-state index in [4.69, 9.17) is 22.1 Å². The summed E-state index contributed by atoms with van der Waals surface area (Å²) in [5.74, 6) is -1.32. The number of rotatable bonds is 6. The van der Waals surface area contributed by atoms with Gasteiger partial charge in [-0.05, 0) is 9.91 Å². The SMILES string of the molecule is CNc1cnc(/C(=C\N)Oc2cnc([N+](=O)[O-])c(NC)c2Cl)c(F)c1. The topological polar surface area (TPSA) is 128 Å². The number of nitro groups is 1. The van der Waals surface area contributed by atoms with Crippen LogP contribution in [0, 0.1) is 15.9 Å². The average Bonchev–Trinajstić information content (AvgIpc) is 2.60. The van der Waals surface area contributed by atoms with Crippen molar-refractivity contribution < 1.29 is 14.1 Å². The van der Waals surface area contributed by atoms with Crippen LogP contribution in [-0.2, 0) is 0 Å². The molecule has 0 saturated carbocycles. The van der Waals surface area contributed by atoms with E-state index >= 15 is 0 Å². The van der Waals surface area contributed by atoms with E-state index in [9.17, 15) is 14.5 Å². The van der Waals surface area contributed by atoms with Crippen molar-refractivity contribution in [3.8, 4) is 5.75 Å². The van der Waals surface area contributed by atoms with E-state index < -0.39 is 16.6 Å². The Hall–Kier alpha value is -3.14. The molecular weight excluding hydrogens is 355 g/mol. The standard InChI is InChI=1S/C14H14ClFN6O3/c1-18-7-3-8(16)12(20-5-7)9(4-17)25-10-6-21-14(22(23)24)13(19-2)11(10)15/h3-6,18-19H,17H2,1-2H3/b9-4+. The fourth-order valence-corrected chi connectivity index (χ4v) is 2.20. The van der Waals surface area contributed by atoms with E-state index in [0.717, 1.165) is 12.4 Å². The summed E-state index contributed by atoms with van der Waals surface area (Å²) in [6, 6.07) is 1.21. The molecule has 25 heavy (non-hydrogen) atoms. The first-order chi connectivity index (χ1) is 11.9. The van der Waals surface area contributed by atoms with Gasteiger partial charge in [-0.25, -0.2) is 9.37 Å². The van der Waals surface area contributed by atoms with Gasteiger partial charge < -0.3 is 31.2 Å². The lowest BCUT2D eigenvalue weighted by Gasteiger charge is -2.12. The Bertz CT molecular complexity index is 846. The van der Waals surface area contributed by atoms with Crippen molar-refractivity contribution in [1.29, 1.82) is 0 Å². The molecule has 132 valence electrons. The molecule has 0 aliphatic heterocycles. The summed E-state index contributed by atoms with van der Waals surface area (Å²) in [7, 11) is 3.06. The highest BCUT2D eigenvalue weighted by Crippen LogP contribution is 2.38. The fourth-order valence-electron chi connectivity index (χ4n) is 1.93. The Morgan fingerprint density at radius 1 is 1.40 bits per heavy atom. The number of nitrogens with two attached hydrogens (primary N) is 1. The molecule has 2 heterocycles. The molecule has 0 unspecified atom stereocenters. The summed E-state index contributed by atoms with van der Waals surface area (Å²) >= 11 is 6.11. The maximum atomic E-state index is 14.2. The summed E-state index contributed by atoms with van der Waals surface area (Å²) in [4.78, 5) is 17.9. The normalized spacial score (nSPS) is 11.1. The van der Waals surface area contributed by atoms with Gasteiger partial charge in [0.15, 0.2) is 29.2 Å². The van der Waals surface area contributed by atoms with Crippen molar-refractivity contribution in [2.45, 2.75) is 0 Å². The zero-order chi connectivity index (χ0) is 18.6. The summed E-state index contributed by atoms with van der Waals surface area (Å²) in [5.41, 5.74) is 5.76. The average molecular weight is 369 g/mol. The van der Waals surface area contributed by atoms with E-state index in [1.807, 2.05) is 0 Å². The zero-order valence-electron chi connectivity index (χ0n) is 13.2. The second-order valence-corrected chi connectivity index (χ2v) is 4.96. The number of hydrogen-bond donors (Lipinski definition) is 3. The van der Waals surface area contributed by atoms with Gasteiger partial charge in [0.1, 0.15) is 10.7 Å². The first kappa shape index (κ1) is 18.2. The van der Waals surface area contributed by atoms with E-state index in [2.05, 4.69) is 20.6 Å². The van der Waals surface area contributed by atoms with Gasteiger partial charge in [-0.15, -0.1) is 0 Å². The highest BCUT2D eigenvalue weighted by molar-refractivity contribution is 6.35. The van der Waals surface area contributed by atoms with Crippen LogP contribution >= 0.6 is 11.6 Å². The van der Waals surface area contributed by atoms with Crippen LogP contribution in [0.1, 0.15) is 5.69 Å². The molecule has 0 amide bonds. The van der Waals surface area contributed by atoms with Crippen LogP contribution < -0.4 is 21.1 Å². The first-order valence-corrected chi connectivity index (χ1v) is 7.24. The van der Waals surface area contributed by atoms with Gasteiger partial charge in [0.25, 0.3) is 0 Å². The lowest BCUT2D eigenvalue weighted by Crippen LogP contribution is -2.06. The van der Waals surface area contributed by atoms with Crippen molar-refractivity contribution in [2.24, 2.45) is 5.73 Å². The molecule has 11 heteroatoms. The van der Waals surface area contributed by atoms with Crippen molar-refractivity contribution >= 4 is 34.6 Å².